The van der Waals surface area contributed by atoms with Crippen molar-refractivity contribution < 1.29 is 14.3 Å². The maximum atomic E-state index is 12.8. The summed E-state index contributed by atoms with van der Waals surface area (Å²) in [7, 11) is 0. The van der Waals surface area contributed by atoms with E-state index in [9.17, 15) is 9.18 Å². The zero-order chi connectivity index (χ0) is 10.1. The minimum absolute atomic E-state index is 0.123. The highest BCUT2D eigenvalue weighted by Gasteiger charge is 2.25. The fourth-order valence-electron chi connectivity index (χ4n) is 1.42. The molecule has 3 nitrogen and oxygen atoms in total. The molecular formula is C10H10FNO2. The number of nitrogens with zero attached hydrogens (tertiary/aromatic N) is 1. The lowest BCUT2D eigenvalue weighted by molar-refractivity contribution is 0.0695. The highest BCUT2D eigenvalue weighted by Crippen LogP contribution is 2.32. The van der Waals surface area contributed by atoms with E-state index in [1.165, 1.54) is 6.07 Å². The van der Waals surface area contributed by atoms with E-state index in [1.54, 1.807) is 0 Å². The van der Waals surface area contributed by atoms with Crippen LogP contribution in [0.25, 0.3) is 0 Å². The molecular weight excluding hydrogens is 185 g/mol. The highest BCUT2D eigenvalue weighted by molar-refractivity contribution is 5.88. The third-order valence-electron chi connectivity index (χ3n) is 2.35. The Kier molecular flexibility index (Phi) is 2.19. The first-order valence-corrected chi connectivity index (χ1v) is 4.55. The predicted octanol–water partition coefficient (Wildman–Crippen LogP) is 1.87. The highest BCUT2D eigenvalue weighted by atomic mass is 19.1. The molecule has 1 N–H and O–H groups in total. The summed E-state index contributed by atoms with van der Waals surface area (Å²) in [5.74, 6) is -1.14. The van der Waals surface area contributed by atoms with Crippen molar-refractivity contribution in [1.82, 2.24) is 4.98 Å². The van der Waals surface area contributed by atoms with E-state index in [0.29, 0.717) is 18.0 Å². The fourth-order valence-corrected chi connectivity index (χ4v) is 1.42. The van der Waals surface area contributed by atoms with Gasteiger partial charge in [0.15, 0.2) is 0 Å². The summed E-state index contributed by atoms with van der Waals surface area (Å²) in [6, 6.07) is 2.36. The lowest BCUT2D eigenvalue weighted by atomic mass is 10.1. The summed E-state index contributed by atoms with van der Waals surface area (Å²) >= 11 is 0. The zero-order valence-electron chi connectivity index (χ0n) is 7.53. The Morgan fingerprint density at radius 1 is 1.57 bits per heavy atom. The summed E-state index contributed by atoms with van der Waals surface area (Å²) in [4.78, 5) is 14.4. The van der Waals surface area contributed by atoms with Crippen LogP contribution in [0.5, 0.6) is 0 Å². The van der Waals surface area contributed by atoms with Gasteiger partial charge in [-0.2, -0.15) is 4.39 Å². The second kappa shape index (κ2) is 3.36. The monoisotopic (exact) mass is 195 g/mol. The van der Waals surface area contributed by atoms with Crippen LogP contribution in [-0.2, 0) is 6.42 Å². The Hall–Kier alpha value is -1.45. The van der Waals surface area contributed by atoms with Crippen LogP contribution in [0.4, 0.5) is 4.39 Å². The number of aromatic carboxylic acids is 1. The Balaban J connectivity index is 2.31. The van der Waals surface area contributed by atoms with Gasteiger partial charge in [-0.3, -0.25) is 0 Å². The van der Waals surface area contributed by atoms with Crippen molar-refractivity contribution in [2.75, 3.05) is 0 Å². The first-order valence-electron chi connectivity index (χ1n) is 4.55. The van der Waals surface area contributed by atoms with Crippen LogP contribution in [-0.4, -0.2) is 16.1 Å². The topological polar surface area (TPSA) is 50.2 Å². The van der Waals surface area contributed by atoms with Crippen molar-refractivity contribution in [3.8, 4) is 0 Å². The number of pyridine rings is 1. The molecule has 74 valence electrons. The van der Waals surface area contributed by atoms with Gasteiger partial charge in [0.1, 0.15) is 0 Å². The standard InChI is InChI=1S/C10H10FNO2/c11-9-4-3-7(10(13)14)8(12-9)5-6-1-2-6/h3-4,6H,1-2,5H2,(H,13,14). The van der Waals surface area contributed by atoms with Crippen molar-refractivity contribution in [1.29, 1.82) is 0 Å². The van der Waals surface area contributed by atoms with Gasteiger partial charge in [-0.1, -0.05) is 0 Å². The SMILES string of the molecule is O=C(O)c1ccc(F)nc1CC1CC1. The maximum Gasteiger partial charge on any atom is 0.337 e. The average Bonchev–Trinajstić information content (AvgIpc) is 2.87. The van der Waals surface area contributed by atoms with Gasteiger partial charge in [-0.15, -0.1) is 0 Å². The normalized spacial score (nSPS) is 15.5. The van der Waals surface area contributed by atoms with Crippen LogP contribution in [0.1, 0.15) is 28.9 Å². The van der Waals surface area contributed by atoms with Crippen molar-refractivity contribution in [2.24, 2.45) is 5.92 Å². The summed E-state index contributed by atoms with van der Waals surface area (Å²) in [5, 5.41) is 8.83. The van der Waals surface area contributed by atoms with Gasteiger partial charge in [-0.05, 0) is 37.3 Å². The molecule has 0 unspecified atom stereocenters. The van der Waals surface area contributed by atoms with Crippen LogP contribution >= 0.6 is 0 Å². The van der Waals surface area contributed by atoms with Crippen LogP contribution < -0.4 is 0 Å². The number of aromatic nitrogens is 1. The van der Waals surface area contributed by atoms with Gasteiger partial charge in [-0.25, -0.2) is 9.78 Å². The van der Waals surface area contributed by atoms with Gasteiger partial charge in [0.2, 0.25) is 5.95 Å². The molecule has 14 heavy (non-hydrogen) atoms. The molecule has 0 aliphatic heterocycles. The molecule has 0 aromatic carbocycles. The van der Waals surface area contributed by atoms with Gasteiger partial charge in [0, 0.05) is 0 Å². The van der Waals surface area contributed by atoms with E-state index in [2.05, 4.69) is 4.98 Å². The second-order valence-electron chi connectivity index (χ2n) is 3.58. The van der Waals surface area contributed by atoms with E-state index < -0.39 is 11.9 Å². The maximum absolute atomic E-state index is 12.8. The number of carboxylic acid groups (broad SMARTS) is 1. The Labute approximate surface area is 80.6 Å². The molecule has 0 amide bonds. The third kappa shape index (κ3) is 1.89. The van der Waals surface area contributed by atoms with Crippen LogP contribution in [0.3, 0.4) is 0 Å². The number of hydrogen-bond donors (Lipinski definition) is 1. The number of carbonyl (C=O) groups is 1. The molecule has 1 aromatic heterocycles. The quantitative estimate of drug-likeness (QED) is 0.749. The van der Waals surface area contributed by atoms with E-state index in [0.717, 1.165) is 18.9 Å². The van der Waals surface area contributed by atoms with Gasteiger partial charge < -0.3 is 5.11 Å². The summed E-state index contributed by atoms with van der Waals surface area (Å²) in [6.07, 6.45) is 2.77. The summed E-state index contributed by atoms with van der Waals surface area (Å²) in [6.45, 7) is 0. The zero-order valence-corrected chi connectivity index (χ0v) is 7.53. The molecule has 0 spiro atoms. The number of halogens is 1. The molecule has 1 heterocycles. The first kappa shape index (κ1) is 9.12. The second-order valence-corrected chi connectivity index (χ2v) is 3.58. The van der Waals surface area contributed by atoms with Crippen LogP contribution in [0.2, 0.25) is 0 Å². The number of hydrogen-bond acceptors (Lipinski definition) is 2. The van der Waals surface area contributed by atoms with E-state index >= 15 is 0 Å². The van der Waals surface area contributed by atoms with Gasteiger partial charge in [0.05, 0.1) is 11.3 Å². The smallest absolute Gasteiger partial charge is 0.337 e. The van der Waals surface area contributed by atoms with Crippen molar-refractivity contribution in [2.45, 2.75) is 19.3 Å². The van der Waals surface area contributed by atoms with Crippen LogP contribution in [0.15, 0.2) is 12.1 Å². The van der Waals surface area contributed by atoms with Crippen molar-refractivity contribution in [3.63, 3.8) is 0 Å². The van der Waals surface area contributed by atoms with E-state index in [1.807, 2.05) is 0 Å². The first-order chi connectivity index (χ1) is 6.66. The Morgan fingerprint density at radius 3 is 2.86 bits per heavy atom. The molecule has 1 aromatic rings. The lowest BCUT2D eigenvalue weighted by Crippen LogP contribution is -2.06. The molecule has 1 aliphatic carbocycles. The third-order valence-corrected chi connectivity index (χ3v) is 2.35. The number of rotatable bonds is 3. The van der Waals surface area contributed by atoms with Gasteiger partial charge in [0.25, 0.3) is 0 Å². The molecule has 1 aliphatic rings. The van der Waals surface area contributed by atoms with Crippen molar-refractivity contribution in [3.05, 3.63) is 29.3 Å². The average molecular weight is 195 g/mol. The van der Waals surface area contributed by atoms with E-state index in [-0.39, 0.29) is 5.56 Å². The molecule has 4 heteroatoms. The molecule has 1 fully saturated rings. The van der Waals surface area contributed by atoms with Gasteiger partial charge >= 0.3 is 5.97 Å². The molecule has 0 radical (unpaired) electrons. The summed E-state index contributed by atoms with van der Waals surface area (Å²) in [5.41, 5.74) is 0.498. The molecule has 1 saturated carbocycles. The molecule has 0 bridgehead atoms. The summed E-state index contributed by atoms with van der Waals surface area (Å²) < 4.78 is 12.8. The Bertz CT molecular complexity index is 374. The van der Waals surface area contributed by atoms with Crippen molar-refractivity contribution >= 4 is 5.97 Å². The minimum Gasteiger partial charge on any atom is -0.478 e. The van der Waals surface area contributed by atoms with E-state index in [4.69, 9.17) is 5.11 Å². The molecule has 0 atom stereocenters. The minimum atomic E-state index is -1.03. The Morgan fingerprint density at radius 2 is 2.29 bits per heavy atom. The number of carboxylic acids is 1. The molecule has 2 rings (SSSR count). The fraction of sp³-hybridized carbons (Fsp3) is 0.400. The van der Waals surface area contributed by atoms with Crippen LogP contribution in [0, 0.1) is 11.9 Å². The lowest BCUT2D eigenvalue weighted by Gasteiger charge is -2.03. The largest absolute Gasteiger partial charge is 0.478 e. The predicted molar refractivity (Wildman–Crippen MR) is 47.6 cm³/mol. The molecule has 0 saturated heterocycles.